The van der Waals surface area contributed by atoms with Gasteiger partial charge in [0.15, 0.2) is 0 Å². The fourth-order valence-electron chi connectivity index (χ4n) is 5.68. The summed E-state index contributed by atoms with van der Waals surface area (Å²) in [6.07, 6.45) is 5.87. The van der Waals surface area contributed by atoms with Gasteiger partial charge in [-0.15, -0.1) is 0 Å². The van der Waals surface area contributed by atoms with Crippen LogP contribution in [0.15, 0.2) is 17.7 Å². The number of carbonyl (C=O) groups excluding carboxylic acids is 1. The lowest BCUT2D eigenvalue weighted by atomic mass is 9.66. The van der Waals surface area contributed by atoms with Gasteiger partial charge in [-0.25, -0.2) is 4.39 Å². The van der Waals surface area contributed by atoms with E-state index in [2.05, 4.69) is 13.1 Å². The first-order valence-corrected chi connectivity index (χ1v) is 11.3. The van der Waals surface area contributed by atoms with Gasteiger partial charge in [-0.05, 0) is 67.2 Å². The van der Waals surface area contributed by atoms with Crippen molar-refractivity contribution in [2.45, 2.75) is 51.1 Å². The van der Waals surface area contributed by atoms with Crippen LogP contribution in [0.4, 0.5) is 4.39 Å². The second-order valence-electron chi connectivity index (χ2n) is 7.91. The molecule has 1 aromatic rings. The van der Waals surface area contributed by atoms with Crippen molar-refractivity contribution in [1.29, 1.82) is 0 Å². The Morgan fingerprint density at radius 3 is 2.75 bits per heavy atom. The summed E-state index contributed by atoms with van der Waals surface area (Å²) in [5, 5.41) is 1.33. The summed E-state index contributed by atoms with van der Waals surface area (Å²) >= 11 is 0. The highest BCUT2D eigenvalue weighted by Gasteiger charge is 2.60. The summed E-state index contributed by atoms with van der Waals surface area (Å²) in [7, 11) is -0.818. The zero-order valence-electron chi connectivity index (χ0n) is 14.5. The van der Waals surface area contributed by atoms with Crippen LogP contribution < -0.4 is 5.73 Å². The van der Waals surface area contributed by atoms with E-state index in [1.54, 1.807) is 6.07 Å². The molecule has 0 aromatic heterocycles. The van der Waals surface area contributed by atoms with Gasteiger partial charge in [0.25, 0.3) is 5.91 Å². The Kier molecular flexibility index (Phi) is 3.47. The maximum atomic E-state index is 14.3. The Morgan fingerprint density at radius 2 is 2.08 bits per heavy atom. The largest absolute Gasteiger partial charge is 0.272 e. The molecule has 2 saturated carbocycles. The maximum Gasteiger partial charge on any atom is 0.253 e. The summed E-state index contributed by atoms with van der Waals surface area (Å²) in [6.45, 7) is 6.49. The van der Waals surface area contributed by atoms with Crippen LogP contribution in [0.1, 0.15) is 42.9 Å². The molecule has 1 aromatic carbocycles. The van der Waals surface area contributed by atoms with Gasteiger partial charge in [-0.1, -0.05) is 36.0 Å². The highest BCUT2D eigenvalue weighted by molar-refractivity contribution is 6.72. The molecule has 3 atom stereocenters. The van der Waals surface area contributed by atoms with E-state index in [9.17, 15) is 9.18 Å². The molecule has 0 saturated heterocycles. The molecular formula is C20H23FNOSi. The first-order valence-electron chi connectivity index (χ1n) is 8.80. The van der Waals surface area contributed by atoms with Gasteiger partial charge in [0.2, 0.25) is 0 Å². The molecule has 4 rings (SSSR count). The van der Waals surface area contributed by atoms with Crippen molar-refractivity contribution in [3.05, 3.63) is 40.2 Å². The number of carbonyl (C=O) groups is 1. The fourth-order valence-corrected chi connectivity index (χ4v) is 8.00. The zero-order chi connectivity index (χ0) is 17.2. The highest BCUT2D eigenvalue weighted by Crippen LogP contribution is 2.56. The molecule has 3 aliphatic carbocycles. The number of hydrogen-bond donors (Lipinski definition) is 0. The minimum atomic E-state index is -0.818. The van der Waals surface area contributed by atoms with Gasteiger partial charge >= 0.3 is 0 Å². The van der Waals surface area contributed by atoms with Crippen LogP contribution in [0.25, 0.3) is 6.08 Å². The van der Waals surface area contributed by atoms with Crippen LogP contribution >= 0.6 is 0 Å². The summed E-state index contributed by atoms with van der Waals surface area (Å²) < 4.78 is 14.3. The van der Waals surface area contributed by atoms with Gasteiger partial charge in [-0.2, -0.15) is 0 Å². The maximum absolute atomic E-state index is 14.3. The lowest BCUT2D eigenvalue weighted by Crippen LogP contribution is -2.51. The summed E-state index contributed by atoms with van der Waals surface area (Å²) in [5.41, 5.74) is 11.1. The van der Waals surface area contributed by atoms with Gasteiger partial charge in [-0.3, -0.25) is 10.5 Å². The zero-order valence-corrected chi connectivity index (χ0v) is 15.5. The summed E-state index contributed by atoms with van der Waals surface area (Å²) in [5.74, 6) is 0.0620. The van der Waals surface area contributed by atoms with Crippen LogP contribution in [-0.4, -0.2) is 19.5 Å². The standard InChI is InChI=1S/C20H23FNOSi/c1-11-8-14-15(9-11)17(21)7-6-16(14)20(19(22)23)13-5-4-12(10-13)18(20)24(2)3/h6-8,12-13,22H,4-5,9-10H2,1-3H3. The lowest BCUT2D eigenvalue weighted by molar-refractivity contribution is -0.123. The molecule has 24 heavy (non-hydrogen) atoms. The molecule has 0 spiro atoms. The molecule has 1 amide bonds. The minimum Gasteiger partial charge on any atom is -0.272 e. The van der Waals surface area contributed by atoms with E-state index in [0.717, 1.165) is 36.0 Å². The van der Waals surface area contributed by atoms with Crippen molar-refractivity contribution in [3.8, 4) is 0 Å². The molecule has 1 N–H and O–H groups in total. The molecule has 3 aliphatic rings. The molecule has 2 fully saturated rings. The third kappa shape index (κ3) is 1.86. The van der Waals surface area contributed by atoms with Crippen LogP contribution in [0, 0.1) is 17.7 Å². The third-order valence-corrected chi connectivity index (χ3v) is 8.23. The van der Waals surface area contributed by atoms with E-state index in [-0.39, 0.29) is 11.7 Å². The SMILES string of the molecule is CC1=Cc2c(C3(C([NH])=O)C(=[Si](C)C)C4CCC3C4)ccc(F)c2C1. The van der Waals surface area contributed by atoms with Gasteiger partial charge in [0, 0.05) is 8.41 Å². The second kappa shape index (κ2) is 5.22. The molecule has 0 aliphatic heterocycles. The number of amides is 1. The summed E-state index contributed by atoms with van der Waals surface area (Å²) in [6, 6.07) is 3.33. The fraction of sp³-hybridized carbons (Fsp3) is 0.500. The smallest absolute Gasteiger partial charge is 0.253 e. The number of rotatable bonds is 2. The predicted octanol–water partition coefficient (Wildman–Crippen LogP) is 3.77. The van der Waals surface area contributed by atoms with Crippen LogP contribution in [0.2, 0.25) is 13.1 Å². The predicted molar refractivity (Wildman–Crippen MR) is 96.9 cm³/mol. The van der Waals surface area contributed by atoms with Crippen molar-refractivity contribution in [2.24, 2.45) is 11.8 Å². The number of hydrogen-bond acceptors (Lipinski definition) is 1. The molecule has 1 radical (unpaired) electrons. The third-order valence-electron chi connectivity index (χ3n) is 6.35. The van der Waals surface area contributed by atoms with E-state index in [1.807, 2.05) is 13.0 Å². The Bertz CT molecular complexity index is 821. The second-order valence-corrected chi connectivity index (χ2v) is 10.5. The molecule has 2 bridgehead atoms. The van der Waals surface area contributed by atoms with Crippen LogP contribution in [0.3, 0.4) is 0 Å². The Labute approximate surface area is 144 Å². The van der Waals surface area contributed by atoms with E-state index >= 15 is 0 Å². The van der Waals surface area contributed by atoms with Crippen LogP contribution in [-0.2, 0) is 16.6 Å². The Morgan fingerprint density at radius 1 is 1.33 bits per heavy atom. The molecule has 0 heterocycles. The minimum absolute atomic E-state index is 0.183. The number of allylic oxidation sites excluding steroid dienone is 1. The number of fused-ring (bicyclic) bond motifs is 3. The molecule has 3 unspecified atom stereocenters. The molecule has 125 valence electrons. The molecule has 4 heteroatoms. The van der Waals surface area contributed by atoms with Crippen molar-refractivity contribution in [1.82, 2.24) is 5.73 Å². The molecule has 2 nitrogen and oxygen atoms in total. The van der Waals surface area contributed by atoms with Crippen LogP contribution in [0.5, 0.6) is 0 Å². The van der Waals surface area contributed by atoms with Crippen molar-refractivity contribution >= 4 is 25.6 Å². The number of benzene rings is 1. The average Bonchev–Trinajstić information content (AvgIpc) is 3.19. The Hall–Kier alpha value is -1.55. The van der Waals surface area contributed by atoms with Crippen molar-refractivity contribution in [3.63, 3.8) is 0 Å². The first kappa shape index (κ1) is 15.9. The number of halogens is 1. The topological polar surface area (TPSA) is 40.9 Å². The van der Waals surface area contributed by atoms with E-state index in [4.69, 9.17) is 5.73 Å². The highest BCUT2D eigenvalue weighted by atomic mass is 28.2. The first-order chi connectivity index (χ1) is 11.4. The average molecular weight is 340 g/mol. The normalized spacial score (nSPS) is 30.5. The lowest BCUT2D eigenvalue weighted by Gasteiger charge is -2.39. The molecular weight excluding hydrogens is 317 g/mol. The van der Waals surface area contributed by atoms with Gasteiger partial charge in [0.1, 0.15) is 5.82 Å². The summed E-state index contributed by atoms with van der Waals surface area (Å²) in [4.78, 5) is 12.8. The van der Waals surface area contributed by atoms with Crippen molar-refractivity contribution in [2.75, 3.05) is 0 Å². The monoisotopic (exact) mass is 340 g/mol. The van der Waals surface area contributed by atoms with Crippen molar-refractivity contribution < 1.29 is 9.18 Å². The van der Waals surface area contributed by atoms with E-state index in [0.29, 0.717) is 17.9 Å². The Balaban J connectivity index is 2.05. The van der Waals surface area contributed by atoms with E-state index < -0.39 is 19.7 Å². The van der Waals surface area contributed by atoms with Gasteiger partial charge in [0.05, 0.1) is 5.41 Å². The van der Waals surface area contributed by atoms with Gasteiger partial charge < -0.3 is 0 Å². The quantitative estimate of drug-likeness (QED) is 0.756. The van der Waals surface area contributed by atoms with E-state index in [1.165, 1.54) is 11.2 Å². The number of nitrogens with one attached hydrogen (secondary N) is 1.